The van der Waals surface area contributed by atoms with Crippen molar-refractivity contribution in [2.75, 3.05) is 11.9 Å². The second-order valence-electron chi connectivity index (χ2n) is 5.81. The number of aryl methyl sites for hydroxylation is 2. The van der Waals surface area contributed by atoms with E-state index in [1.54, 1.807) is 0 Å². The van der Waals surface area contributed by atoms with Gasteiger partial charge in [-0.3, -0.25) is 4.79 Å². The fourth-order valence-corrected chi connectivity index (χ4v) is 3.15. The summed E-state index contributed by atoms with van der Waals surface area (Å²) in [4.78, 5) is 11.9. The molecule has 1 amide bonds. The van der Waals surface area contributed by atoms with Crippen molar-refractivity contribution in [3.63, 3.8) is 0 Å². The molecule has 3 rings (SSSR count). The molecule has 0 fully saturated rings. The van der Waals surface area contributed by atoms with Gasteiger partial charge in [0.15, 0.2) is 0 Å². The lowest BCUT2D eigenvalue weighted by Gasteiger charge is -2.27. The molecule has 1 unspecified atom stereocenters. The minimum absolute atomic E-state index is 0.0588. The van der Waals surface area contributed by atoms with Gasteiger partial charge in [-0.25, -0.2) is 4.68 Å². The first kappa shape index (κ1) is 14.8. The molecule has 0 saturated heterocycles. The van der Waals surface area contributed by atoms with Gasteiger partial charge in [0.2, 0.25) is 5.91 Å². The summed E-state index contributed by atoms with van der Waals surface area (Å²) < 4.78 is 1.96. The monoisotopic (exact) mass is 298 g/mol. The minimum Gasteiger partial charge on any atom is -0.330 e. The van der Waals surface area contributed by atoms with Gasteiger partial charge in [0.1, 0.15) is 5.82 Å². The van der Waals surface area contributed by atoms with E-state index in [0.717, 1.165) is 30.6 Å². The van der Waals surface area contributed by atoms with E-state index in [4.69, 9.17) is 5.73 Å². The van der Waals surface area contributed by atoms with Crippen LogP contribution in [0.3, 0.4) is 0 Å². The predicted octanol–water partition coefficient (Wildman–Crippen LogP) is 2.40. The number of aromatic nitrogens is 2. The number of nitrogens with one attached hydrogen (secondary N) is 1. The Balaban J connectivity index is 1.95. The van der Waals surface area contributed by atoms with Crippen molar-refractivity contribution < 1.29 is 4.79 Å². The van der Waals surface area contributed by atoms with Crippen molar-refractivity contribution in [1.29, 1.82) is 0 Å². The molecular weight excluding hydrogens is 276 g/mol. The van der Waals surface area contributed by atoms with Crippen LogP contribution in [-0.4, -0.2) is 22.2 Å². The molecule has 0 saturated carbocycles. The number of benzene rings is 1. The molecule has 2 aromatic rings. The van der Waals surface area contributed by atoms with E-state index in [-0.39, 0.29) is 11.9 Å². The summed E-state index contributed by atoms with van der Waals surface area (Å²) in [6.07, 6.45) is 5.43. The Kier molecular flexibility index (Phi) is 4.24. The summed E-state index contributed by atoms with van der Waals surface area (Å²) in [6.45, 7) is 2.32. The molecule has 0 aliphatic heterocycles. The Morgan fingerprint density at radius 2 is 2.27 bits per heavy atom. The lowest BCUT2D eigenvalue weighted by atomic mass is 9.88. The summed E-state index contributed by atoms with van der Waals surface area (Å²) in [5.41, 5.74) is 9.13. The predicted molar refractivity (Wildman–Crippen MR) is 86.8 cm³/mol. The van der Waals surface area contributed by atoms with Gasteiger partial charge in [-0.2, -0.15) is 5.10 Å². The minimum atomic E-state index is -0.0588. The van der Waals surface area contributed by atoms with Gasteiger partial charge in [-0.05, 0) is 37.3 Å². The highest BCUT2D eigenvalue weighted by atomic mass is 16.1. The molecule has 5 heteroatoms. The molecule has 1 aromatic heterocycles. The van der Waals surface area contributed by atoms with Gasteiger partial charge in [0.05, 0.1) is 12.2 Å². The molecule has 116 valence electrons. The molecule has 1 aromatic carbocycles. The summed E-state index contributed by atoms with van der Waals surface area (Å²) in [7, 11) is 0. The summed E-state index contributed by atoms with van der Waals surface area (Å²) in [5, 5.41) is 7.49. The largest absolute Gasteiger partial charge is 0.330 e. The Labute approximate surface area is 130 Å². The van der Waals surface area contributed by atoms with Crippen LogP contribution < -0.4 is 11.1 Å². The molecule has 3 N–H and O–H groups in total. The number of carbonyl (C=O) groups excluding carboxylic acids is 1. The Bertz CT molecular complexity index is 677. The third kappa shape index (κ3) is 2.76. The maximum atomic E-state index is 11.9. The Morgan fingerprint density at radius 1 is 1.45 bits per heavy atom. The lowest BCUT2D eigenvalue weighted by Crippen LogP contribution is -2.23. The maximum Gasteiger partial charge on any atom is 0.226 e. The van der Waals surface area contributed by atoms with Crippen molar-refractivity contribution in [2.24, 2.45) is 5.73 Å². The van der Waals surface area contributed by atoms with Gasteiger partial charge in [0.25, 0.3) is 0 Å². The highest BCUT2D eigenvalue weighted by Crippen LogP contribution is 2.35. The zero-order valence-corrected chi connectivity index (χ0v) is 12.9. The van der Waals surface area contributed by atoms with Gasteiger partial charge < -0.3 is 11.1 Å². The van der Waals surface area contributed by atoms with E-state index < -0.39 is 0 Å². The first-order valence-electron chi connectivity index (χ1n) is 7.82. The number of nitrogens with zero attached hydrogens (tertiary/aromatic N) is 2. The van der Waals surface area contributed by atoms with Gasteiger partial charge in [-0.1, -0.05) is 24.3 Å². The van der Waals surface area contributed by atoms with Crippen molar-refractivity contribution in [3.05, 3.63) is 47.2 Å². The molecule has 0 spiro atoms. The van der Waals surface area contributed by atoms with E-state index in [0.29, 0.717) is 13.0 Å². The van der Waals surface area contributed by atoms with E-state index in [9.17, 15) is 4.79 Å². The molecule has 22 heavy (non-hydrogen) atoms. The highest BCUT2D eigenvalue weighted by molar-refractivity contribution is 5.90. The van der Waals surface area contributed by atoms with Crippen LogP contribution in [0, 0.1) is 6.92 Å². The molecule has 1 aliphatic carbocycles. The zero-order chi connectivity index (χ0) is 15.5. The zero-order valence-electron chi connectivity index (χ0n) is 12.9. The molecule has 5 nitrogen and oxygen atoms in total. The first-order valence-corrected chi connectivity index (χ1v) is 7.82. The average molecular weight is 298 g/mol. The van der Waals surface area contributed by atoms with Gasteiger partial charge >= 0.3 is 0 Å². The molecule has 0 bridgehead atoms. The van der Waals surface area contributed by atoms with Crippen LogP contribution in [0.5, 0.6) is 0 Å². The standard InChI is InChI=1S/C17H22N4O/c1-12-11-19-21(17(12)20-16(22)9-10-18)15-8-4-6-13-5-2-3-7-14(13)15/h2-3,5,7,11,15H,4,6,8-10,18H2,1H3,(H,20,22). The molecule has 1 aliphatic rings. The van der Waals surface area contributed by atoms with E-state index in [1.807, 2.05) is 17.8 Å². The molecule has 0 radical (unpaired) electrons. The van der Waals surface area contributed by atoms with Gasteiger partial charge in [-0.15, -0.1) is 0 Å². The normalized spacial score (nSPS) is 17.1. The van der Waals surface area contributed by atoms with Crippen LogP contribution in [-0.2, 0) is 11.2 Å². The van der Waals surface area contributed by atoms with Crippen molar-refractivity contribution in [3.8, 4) is 0 Å². The number of anilines is 1. The van der Waals surface area contributed by atoms with E-state index in [2.05, 4.69) is 34.7 Å². The van der Waals surface area contributed by atoms with Crippen LogP contribution in [0.2, 0.25) is 0 Å². The number of nitrogens with two attached hydrogens (primary N) is 1. The number of hydrogen-bond donors (Lipinski definition) is 2. The second-order valence-corrected chi connectivity index (χ2v) is 5.81. The second kappa shape index (κ2) is 6.32. The van der Waals surface area contributed by atoms with Crippen molar-refractivity contribution in [1.82, 2.24) is 9.78 Å². The maximum absolute atomic E-state index is 11.9. The fraction of sp³-hybridized carbons (Fsp3) is 0.412. The lowest BCUT2D eigenvalue weighted by molar-refractivity contribution is -0.116. The highest BCUT2D eigenvalue weighted by Gasteiger charge is 2.25. The summed E-state index contributed by atoms with van der Waals surface area (Å²) in [5.74, 6) is 0.733. The number of amides is 1. The Morgan fingerprint density at radius 3 is 3.09 bits per heavy atom. The fourth-order valence-electron chi connectivity index (χ4n) is 3.15. The molecule has 1 heterocycles. The number of carbonyl (C=O) groups is 1. The third-order valence-electron chi connectivity index (χ3n) is 4.24. The smallest absolute Gasteiger partial charge is 0.226 e. The van der Waals surface area contributed by atoms with Crippen LogP contribution >= 0.6 is 0 Å². The summed E-state index contributed by atoms with van der Waals surface area (Å²) >= 11 is 0. The van der Waals surface area contributed by atoms with Crippen LogP contribution in [0.15, 0.2) is 30.5 Å². The summed E-state index contributed by atoms with van der Waals surface area (Å²) in [6, 6.07) is 8.69. The van der Waals surface area contributed by atoms with Crippen molar-refractivity contribution in [2.45, 2.75) is 38.6 Å². The quantitative estimate of drug-likeness (QED) is 0.910. The number of hydrogen-bond acceptors (Lipinski definition) is 3. The van der Waals surface area contributed by atoms with Crippen LogP contribution in [0.4, 0.5) is 5.82 Å². The van der Waals surface area contributed by atoms with Crippen LogP contribution in [0.25, 0.3) is 0 Å². The topological polar surface area (TPSA) is 72.9 Å². The SMILES string of the molecule is Cc1cnn(C2CCCc3ccccc32)c1NC(=O)CCN. The van der Waals surface area contributed by atoms with Gasteiger partial charge in [0, 0.05) is 18.5 Å². The molecular formula is C17H22N4O. The van der Waals surface area contributed by atoms with E-state index in [1.165, 1.54) is 11.1 Å². The first-order chi connectivity index (χ1) is 10.7. The number of fused-ring (bicyclic) bond motifs is 1. The van der Waals surface area contributed by atoms with Crippen LogP contribution in [0.1, 0.15) is 42.0 Å². The third-order valence-corrected chi connectivity index (χ3v) is 4.24. The Hall–Kier alpha value is -2.14. The van der Waals surface area contributed by atoms with Crippen molar-refractivity contribution >= 4 is 11.7 Å². The number of rotatable bonds is 4. The average Bonchev–Trinajstić information content (AvgIpc) is 2.88. The molecule has 1 atom stereocenters. The van der Waals surface area contributed by atoms with E-state index >= 15 is 0 Å².